The molecular weight excluding hydrogens is 396 g/mol. The molecule has 2 atom stereocenters. The van der Waals surface area contributed by atoms with Crippen molar-refractivity contribution in [2.45, 2.75) is 46.0 Å². The summed E-state index contributed by atoms with van der Waals surface area (Å²) in [4.78, 5) is 42.4. The number of amides is 1. The van der Waals surface area contributed by atoms with Crippen LogP contribution in [-0.4, -0.2) is 30.8 Å². The number of ether oxygens (including phenoxy) is 2. The second kappa shape index (κ2) is 7.55. The molecule has 31 heavy (non-hydrogen) atoms. The van der Waals surface area contributed by atoms with Crippen LogP contribution in [0.5, 0.6) is 0 Å². The molecule has 4 rings (SSSR count). The molecule has 2 heterocycles. The summed E-state index contributed by atoms with van der Waals surface area (Å²) >= 11 is 0. The summed E-state index contributed by atoms with van der Waals surface area (Å²) in [5.41, 5.74) is 6.00. The molecular formula is C24H28N2O5. The number of carbonyl (C=O) groups excluding carboxylic acids is 3. The van der Waals surface area contributed by atoms with Crippen LogP contribution < -0.4 is 10.6 Å². The van der Waals surface area contributed by atoms with Crippen LogP contribution >= 0.6 is 0 Å². The number of para-hydroxylation sites is 1. The molecule has 0 fully saturated rings. The van der Waals surface area contributed by atoms with Crippen LogP contribution in [0.25, 0.3) is 0 Å². The molecule has 1 aliphatic carbocycles. The third kappa shape index (κ3) is 2.98. The zero-order valence-corrected chi connectivity index (χ0v) is 18.4. The minimum Gasteiger partial charge on any atom is -0.462 e. The van der Waals surface area contributed by atoms with Crippen molar-refractivity contribution in [1.29, 1.82) is 0 Å². The maximum atomic E-state index is 14.2. The molecule has 2 N–H and O–H groups in total. The minimum absolute atomic E-state index is 0.0544. The molecule has 1 aromatic rings. The van der Waals surface area contributed by atoms with Crippen molar-refractivity contribution >= 4 is 23.3 Å². The van der Waals surface area contributed by atoms with Crippen molar-refractivity contribution < 1.29 is 23.9 Å². The number of hydrogen-bond donors (Lipinski definition) is 1. The standard InChI is InChI=1S/C24H28N2O5/c1-5-30-22(28)20-21(25)31-18-11-14(4)10-17(27)19(18)24(20)15-8-6-7-9-16(15)26(23(24)29)12-13(2)3/h6-9,13-14H,5,10-12,25H2,1-4H3/t14-,24+/m0/s1. The van der Waals surface area contributed by atoms with Crippen LogP contribution in [0.3, 0.4) is 0 Å². The minimum atomic E-state index is -1.65. The van der Waals surface area contributed by atoms with E-state index in [1.165, 1.54) is 0 Å². The topological polar surface area (TPSA) is 98.9 Å². The van der Waals surface area contributed by atoms with Gasteiger partial charge in [0.2, 0.25) is 11.8 Å². The maximum Gasteiger partial charge on any atom is 0.341 e. The molecule has 0 bridgehead atoms. The Morgan fingerprint density at radius 3 is 2.68 bits per heavy atom. The van der Waals surface area contributed by atoms with Gasteiger partial charge in [0.25, 0.3) is 0 Å². The maximum absolute atomic E-state index is 14.2. The first-order chi connectivity index (χ1) is 14.7. The van der Waals surface area contributed by atoms with Crippen LogP contribution in [0.4, 0.5) is 5.69 Å². The number of nitrogens with two attached hydrogens (primary N) is 1. The molecule has 7 heteroatoms. The lowest BCUT2D eigenvalue weighted by Gasteiger charge is -2.40. The van der Waals surface area contributed by atoms with E-state index in [0.29, 0.717) is 30.0 Å². The highest BCUT2D eigenvalue weighted by atomic mass is 16.5. The average Bonchev–Trinajstić information content (AvgIpc) is 2.91. The number of rotatable bonds is 4. The van der Waals surface area contributed by atoms with E-state index in [1.807, 2.05) is 32.9 Å². The molecule has 1 amide bonds. The lowest BCUT2D eigenvalue weighted by molar-refractivity contribution is -0.141. The van der Waals surface area contributed by atoms with Gasteiger partial charge in [-0.15, -0.1) is 0 Å². The van der Waals surface area contributed by atoms with E-state index in [0.717, 1.165) is 0 Å². The summed E-state index contributed by atoms with van der Waals surface area (Å²) in [6.45, 7) is 8.21. The molecule has 0 saturated carbocycles. The van der Waals surface area contributed by atoms with Crippen molar-refractivity contribution in [3.63, 3.8) is 0 Å². The van der Waals surface area contributed by atoms with Gasteiger partial charge in [0, 0.05) is 30.6 Å². The SMILES string of the molecule is CCOC(=O)C1=C(N)OC2=C(C(=O)C[C@H](C)C2)[C@@]12C(=O)N(CC(C)C)c1ccccc12. The highest BCUT2D eigenvalue weighted by Gasteiger charge is 2.64. The molecule has 2 aliphatic heterocycles. The lowest BCUT2D eigenvalue weighted by Crippen LogP contribution is -2.52. The number of carbonyl (C=O) groups is 3. The van der Waals surface area contributed by atoms with E-state index in [2.05, 4.69) is 0 Å². The monoisotopic (exact) mass is 424 g/mol. The number of ketones is 1. The molecule has 0 saturated heterocycles. The zero-order chi connectivity index (χ0) is 22.5. The fraction of sp³-hybridized carbons (Fsp3) is 0.458. The van der Waals surface area contributed by atoms with Crippen molar-refractivity contribution in [3.05, 3.63) is 52.6 Å². The molecule has 1 spiro atoms. The molecule has 7 nitrogen and oxygen atoms in total. The van der Waals surface area contributed by atoms with E-state index in [-0.39, 0.29) is 53.6 Å². The molecule has 0 aromatic heterocycles. The van der Waals surface area contributed by atoms with E-state index in [9.17, 15) is 14.4 Å². The fourth-order valence-corrected chi connectivity index (χ4v) is 5.01. The van der Waals surface area contributed by atoms with Gasteiger partial charge in [-0.25, -0.2) is 4.79 Å². The van der Waals surface area contributed by atoms with Gasteiger partial charge < -0.3 is 20.1 Å². The Kier molecular flexibility index (Phi) is 5.15. The second-order valence-corrected chi connectivity index (χ2v) is 8.87. The lowest BCUT2D eigenvalue weighted by atomic mass is 9.64. The third-order valence-corrected chi connectivity index (χ3v) is 6.05. The van der Waals surface area contributed by atoms with Gasteiger partial charge in [0.1, 0.15) is 16.7 Å². The van der Waals surface area contributed by atoms with Gasteiger partial charge in [-0.3, -0.25) is 9.59 Å². The van der Waals surface area contributed by atoms with Gasteiger partial charge in [-0.05, 0) is 24.8 Å². The molecule has 1 aromatic carbocycles. The summed E-state index contributed by atoms with van der Waals surface area (Å²) in [5.74, 6) is -0.858. The first-order valence-corrected chi connectivity index (χ1v) is 10.8. The number of allylic oxidation sites excluding steroid dienone is 1. The summed E-state index contributed by atoms with van der Waals surface area (Å²) in [7, 11) is 0. The Balaban J connectivity index is 2.06. The van der Waals surface area contributed by atoms with Crippen molar-refractivity contribution in [2.75, 3.05) is 18.1 Å². The largest absolute Gasteiger partial charge is 0.462 e. The van der Waals surface area contributed by atoms with E-state index in [4.69, 9.17) is 15.2 Å². The first kappa shape index (κ1) is 21.2. The highest BCUT2D eigenvalue weighted by Crippen LogP contribution is 2.56. The summed E-state index contributed by atoms with van der Waals surface area (Å²) in [6, 6.07) is 7.28. The Hall–Kier alpha value is -3.09. The summed E-state index contributed by atoms with van der Waals surface area (Å²) in [6.07, 6.45) is 0.749. The second-order valence-electron chi connectivity index (χ2n) is 8.87. The first-order valence-electron chi connectivity index (χ1n) is 10.8. The summed E-state index contributed by atoms with van der Waals surface area (Å²) < 4.78 is 11.1. The zero-order valence-electron chi connectivity index (χ0n) is 18.4. The molecule has 0 unspecified atom stereocenters. The Morgan fingerprint density at radius 2 is 2.00 bits per heavy atom. The van der Waals surface area contributed by atoms with E-state index in [1.54, 1.807) is 24.0 Å². The van der Waals surface area contributed by atoms with Gasteiger partial charge >= 0.3 is 5.97 Å². The number of anilines is 1. The number of esters is 1. The van der Waals surface area contributed by atoms with Crippen LogP contribution in [0.2, 0.25) is 0 Å². The predicted octanol–water partition coefficient (Wildman–Crippen LogP) is 2.94. The van der Waals surface area contributed by atoms with Crippen molar-refractivity contribution in [1.82, 2.24) is 0 Å². The van der Waals surface area contributed by atoms with Crippen molar-refractivity contribution in [2.24, 2.45) is 17.6 Å². The Bertz CT molecular complexity index is 1040. The van der Waals surface area contributed by atoms with E-state index >= 15 is 0 Å². The van der Waals surface area contributed by atoms with Crippen LogP contribution in [-0.2, 0) is 29.3 Å². The van der Waals surface area contributed by atoms with Gasteiger partial charge in [0.05, 0.1) is 12.2 Å². The fourth-order valence-electron chi connectivity index (χ4n) is 5.01. The molecule has 0 radical (unpaired) electrons. The Labute approximate surface area is 181 Å². The van der Waals surface area contributed by atoms with Crippen molar-refractivity contribution in [3.8, 4) is 0 Å². The quantitative estimate of drug-likeness (QED) is 0.746. The molecule has 3 aliphatic rings. The van der Waals surface area contributed by atoms with Crippen LogP contribution in [0, 0.1) is 11.8 Å². The van der Waals surface area contributed by atoms with E-state index < -0.39 is 11.4 Å². The smallest absolute Gasteiger partial charge is 0.341 e. The Morgan fingerprint density at radius 1 is 1.29 bits per heavy atom. The number of nitrogens with zero attached hydrogens (tertiary/aromatic N) is 1. The normalized spacial score (nSPS) is 25.2. The van der Waals surface area contributed by atoms with Gasteiger partial charge in [-0.2, -0.15) is 0 Å². The predicted molar refractivity (Wildman–Crippen MR) is 115 cm³/mol. The number of hydrogen-bond acceptors (Lipinski definition) is 6. The van der Waals surface area contributed by atoms with Gasteiger partial charge in [0.15, 0.2) is 5.78 Å². The number of Topliss-reactive ketones (excluding diaryl/α,β-unsaturated/α-hetero) is 1. The van der Waals surface area contributed by atoms with Gasteiger partial charge in [-0.1, -0.05) is 39.0 Å². The number of benzene rings is 1. The number of fused-ring (bicyclic) bond motifs is 3. The van der Waals surface area contributed by atoms with Crippen LogP contribution in [0.15, 0.2) is 47.1 Å². The summed E-state index contributed by atoms with van der Waals surface area (Å²) in [5, 5.41) is 0. The van der Waals surface area contributed by atoms with Crippen LogP contribution in [0.1, 0.15) is 46.1 Å². The highest BCUT2D eigenvalue weighted by molar-refractivity contribution is 6.23. The third-order valence-electron chi connectivity index (χ3n) is 6.05. The molecule has 164 valence electrons. The average molecular weight is 424 g/mol.